The minimum atomic E-state index is -0.466. The van der Waals surface area contributed by atoms with Crippen LogP contribution in [0.3, 0.4) is 0 Å². The molecule has 31 heavy (non-hydrogen) atoms. The summed E-state index contributed by atoms with van der Waals surface area (Å²) in [5, 5.41) is 9.90. The molecule has 1 aromatic heterocycles. The van der Waals surface area contributed by atoms with E-state index in [9.17, 15) is 9.18 Å². The fourth-order valence-corrected chi connectivity index (χ4v) is 4.31. The first-order valence-corrected chi connectivity index (χ1v) is 11.2. The molecule has 1 amide bonds. The summed E-state index contributed by atoms with van der Waals surface area (Å²) >= 11 is 6.42. The third-order valence-electron chi connectivity index (χ3n) is 5.99. The first kappa shape index (κ1) is 22.0. The first-order valence-electron chi connectivity index (χ1n) is 10.8. The van der Waals surface area contributed by atoms with E-state index >= 15 is 0 Å². The molecular weight excluding hydrogens is 419 g/mol. The summed E-state index contributed by atoms with van der Waals surface area (Å²) in [7, 11) is 0. The van der Waals surface area contributed by atoms with Gasteiger partial charge in [0.15, 0.2) is 0 Å². The fraction of sp³-hybridized carbons (Fsp3) is 0.478. The van der Waals surface area contributed by atoms with Gasteiger partial charge in [0.05, 0.1) is 10.9 Å². The van der Waals surface area contributed by atoms with E-state index in [0.717, 1.165) is 49.4 Å². The van der Waals surface area contributed by atoms with Gasteiger partial charge in [0, 0.05) is 49.8 Å². The van der Waals surface area contributed by atoms with Gasteiger partial charge in [-0.1, -0.05) is 23.7 Å². The van der Waals surface area contributed by atoms with Crippen LogP contribution in [0, 0.1) is 11.8 Å². The Morgan fingerprint density at radius 1 is 1.29 bits per heavy atom. The number of carbonyl (C=O) groups is 1. The second-order valence-corrected chi connectivity index (χ2v) is 8.66. The molecule has 0 bridgehead atoms. The maximum Gasteiger partial charge on any atom is 0.229 e. The van der Waals surface area contributed by atoms with Crippen molar-refractivity contribution in [2.75, 3.05) is 43.6 Å². The lowest BCUT2D eigenvalue weighted by atomic mass is 10.00. The van der Waals surface area contributed by atoms with E-state index in [0.29, 0.717) is 29.7 Å². The van der Waals surface area contributed by atoms with Crippen molar-refractivity contribution >= 4 is 29.0 Å². The van der Waals surface area contributed by atoms with Crippen molar-refractivity contribution in [2.45, 2.75) is 25.3 Å². The van der Waals surface area contributed by atoms with Crippen LogP contribution in [0.25, 0.3) is 11.1 Å². The zero-order chi connectivity index (χ0) is 21.6. The summed E-state index contributed by atoms with van der Waals surface area (Å²) < 4.78 is 18.2. The van der Waals surface area contributed by atoms with E-state index in [1.165, 1.54) is 0 Å². The van der Waals surface area contributed by atoms with Gasteiger partial charge in [0.1, 0.15) is 12.5 Å². The zero-order valence-electron chi connectivity index (χ0n) is 17.4. The Labute approximate surface area is 186 Å². The standard InChI is InChI=1S/C23H28ClFN4O2/c24-21-14-28-22(29-23(30)17-9-19(11-25)27-13-17)10-20(21)16-2-1-3-18(8-16)26-12-15-4-6-31-7-5-15/h1-3,8,10,14-15,17,19,26-27H,4-7,9,11-13H2,(H,28,29,30). The molecule has 3 heterocycles. The Bertz CT molecular complexity index is 907. The largest absolute Gasteiger partial charge is 0.385 e. The topological polar surface area (TPSA) is 75.3 Å². The molecule has 2 atom stereocenters. The summed E-state index contributed by atoms with van der Waals surface area (Å²) in [6, 6.07) is 9.60. The van der Waals surface area contributed by atoms with Crippen LogP contribution in [0.4, 0.5) is 15.9 Å². The van der Waals surface area contributed by atoms with E-state index in [4.69, 9.17) is 16.3 Å². The molecule has 6 nitrogen and oxygen atoms in total. The lowest BCUT2D eigenvalue weighted by Crippen LogP contribution is -2.25. The van der Waals surface area contributed by atoms with Crippen molar-refractivity contribution in [3.63, 3.8) is 0 Å². The van der Waals surface area contributed by atoms with Crippen LogP contribution < -0.4 is 16.0 Å². The van der Waals surface area contributed by atoms with Gasteiger partial charge in [-0.15, -0.1) is 0 Å². The van der Waals surface area contributed by atoms with Gasteiger partial charge in [-0.25, -0.2) is 9.37 Å². The van der Waals surface area contributed by atoms with Gasteiger partial charge >= 0.3 is 0 Å². The number of benzene rings is 1. The number of aromatic nitrogens is 1. The molecule has 2 saturated heterocycles. The molecule has 1 aromatic carbocycles. The number of nitrogens with one attached hydrogen (secondary N) is 3. The highest BCUT2D eigenvalue weighted by molar-refractivity contribution is 6.33. The molecule has 3 N–H and O–H groups in total. The first-order chi connectivity index (χ1) is 15.1. The summed E-state index contributed by atoms with van der Waals surface area (Å²) in [5.74, 6) is 0.634. The maximum atomic E-state index is 12.8. The van der Waals surface area contributed by atoms with Crippen molar-refractivity contribution in [1.29, 1.82) is 0 Å². The number of nitrogens with zero attached hydrogens (tertiary/aromatic N) is 1. The zero-order valence-corrected chi connectivity index (χ0v) is 18.1. The van der Waals surface area contributed by atoms with Crippen molar-refractivity contribution in [1.82, 2.24) is 10.3 Å². The Morgan fingerprint density at radius 3 is 2.90 bits per heavy atom. The summed E-state index contributed by atoms with van der Waals surface area (Å²) in [5.41, 5.74) is 2.77. The molecule has 2 aromatic rings. The predicted octanol–water partition coefficient (Wildman–Crippen LogP) is 4.13. The van der Waals surface area contributed by atoms with Crippen LogP contribution in [0.15, 0.2) is 36.5 Å². The van der Waals surface area contributed by atoms with Crippen LogP contribution in [0.1, 0.15) is 19.3 Å². The Kier molecular flexibility index (Phi) is 7.37. The van der Waals surface area contributed by atoms with E-state index in [1.807, 2.05) is 18.2 Å². The monoisotopic (exact) mass is 446 g/mol. The number of pyridine rings is 1. The van der Waals surface area contributed by atoms with Crippen molar-refractivity contribution in [3.8, 4) is 11.1 Å². The number of hydrogen-bond acceptors (Lipinski definition) is 5. The molecule has 0 saturated carbocycles. The molecular formula is C23H28ClFN4O2. The number of anilines is 2. The molecule has 0 radical (unpaired) electrons. The second-order valence-electron chi connectivity index (χ2n) is 8.25. The summed E-state index contributed by atoms with van der Waals surface area (Å²) in [6.07, 6.45) is 4.19. The number of hydrogen-bond donors (Lipinski definition) is 3. The Balaban J connectivity index is 1.43. The van der Waals surface area contributed by atoms with Gasteiger partial charge < -0.3 is 20.7 Å². The van der Waals surface area contributed by atoms with Crippen molar-refractivity contribution < 1.29 is 13.9 Å². The quantitative estimate of drug-likeness (QED) is 0.596. The molecule has 0 spiro atoms. The minimum absolute atomic E-state index is 0.156. The maximum absolute atomic E-state index is 12.8. The molecule has 2 fully saturated rings. The number of amides is 1. The van der Waals surface area contributed by atoms with Crippen LogP contribution in [-0.4, -0.2) is 49.9 Å². The SMILES string of the molecule is O=C(Nc1cc(-c2cccc(NCC3CCOCC3)c2)c(Cl)cn1)C1CNC(CF)C1. The smallest absolute Gasteiger partial charge is 0.229 e. The average molecular weight is 447 g/mol. The Morgan fingerprint density at radius 2 is 2.13 bits per heavy atom. The molecule has 166 valence electrons. The normalized spacial score (nSPS) is 21.7. The number of rotatable bonds is 7. The molecule has 2 aliphatic rings. The minimum Gasteiger partial charge on any atom is -0.385 e. The van der Waals surface area contributed by atoms with E-state index in [-0.39, 0.29) is 17.9 Å². The highest BCUT2D eigenvalue weighted by atomic mass is 35.5. The van der Waals surface area contributed by atoms with Gasteiger partial charge in [-0.3, -0.25) is 4.79 Å². The molecule has 2 aliphatic heterocycles. The van der Waals surface area contributed by atoms with E-state index in [1.54, 1.807) is 12.3 Å². The van der Waals surface area contributed by atoms with Crippen molar-refractivity contribution in [2.24, 2.45) is 11.8 Å². The van der Waals surface area contributed by atoms with Gasteiger partial charge in [-0.05, 0) is 48.9 Å². The van der Waals surface area contributed by atoms with Gasteiger partial charge in [0.2, 0.25) is 5.91 Å². The highest BCUT2D eigenvalue weighted by Crippen LogP contribution is 2.31. The number of alkyl halides is 1. The number of carbonyl (C=O) groups excluding carboxylic acids is 1. The molecule has 2 unspecified atom stereocenters. The van der Waals surface area contributed by atoms with E-state index < -0.39 is 6.67 Å². The predicted molar refractivity (Wildman–Crippen MR) is 121 cm³/mol. The van der Waals surface area contributed by atoms with Gasteiger partial charge in [-0.2, -0.15) is 0 Å². The average Bonchev–Trinajstić information content (AvgIpc) is 3.29. The highest BCUT2D eigenvalue weighted by Gasteiger charge is 2.29. The van der Waals surface area contributed by atoms with E-state index in [2.05, 4.69) is 27.0 Å². The lowest BCUT2D eigenvalue weighted by Gasteiger charge is -2.22. The fourth-order valence-electron chi connectivity index (χ4n) is 4.10. The van der Waals surface area contributed by atoms with Crippen LogP contribution in [0.5, 0.6) is 0 Å². The molecule has 0 aliphatic carbocycles. The molecule has 4 rings (SSSR count). The Hall–Kier alpha value is -2.22. The number of halogens is 2. The summed E-state index contributed by atoms with van der Waals surface area (Å²) in [6.45, 7) is 2.58. The number of ether oxygens (including phenoxy) is 1. The van der Waals surface area contributed by atoms with Crippen molar-refractivity contribution in [3.05, 3.63) is 41.6 Å². The van der Waals surface area contributed by atoms with Crippen LogP contribution in [-0.2, 0) is 9.53 Å². The lowest BCUT2D eigenvalue weighted by molar-refractivity contribution is -0.119. The second kappa shape index (κ2) is 10.4. The molecule has 8 heteroatoms. The van der Waals surface area contributed by atoms with Crippen LogP contribution in [0.2, 0.25) is 5.02 Å². The van der Waals surface area contributed by atoms with Crippen LogP contribution >= 0.6 is 11.6 Å². The van der Waals surface area contributed by atoms with Gasteiger partial charge in [0.25, 0.3) is 0 Å². The third-order valence-corrected chi connectivity index (χ3v) is 6.30. The third kappa shape index (κ3) is 5.73. The summed E-state index contributed by atoms with van der Waals surface area (Å²) in [4.78, 5) is 16.8.